The second-order valence-corrected chi connectivity index (χ2v) is 4.40. The van der Waals surface area contributed by atoms with Gasteiger partial charge in [-0.1, -0.05) is 17.7 Å². The normalized spacial score (nSPS) is 14.7. The smallest absolute Gasteiger partial charge is 0.148 e. The summed E-state index contributed by atoms with van der Waals surface area (Å²) in [6.07, 6.45) is -0.377. The first kappa shape index (κ1) is 13.2. The van der Waals surface area contributed by atoms with Crippen molar-refractivity contribution >= 4 is 22.6 Å². The SMILES string of the molecule is CNCC(O)C(O)c1ccc2ncc(Cl)nc2c1. The van der Waals surface area contributed by atoms with Crippen LogP contribution in [0.25, 0.3) is 11.0 Å². The van der Waals surface area contributed by atoms with Crippen molar-refractivity contribution in [3.8, 4) is 0 Å². The van der Waals surface area contributed by atoms with Crippen LogP contribution in [-0.4, -0.2) is 39.9 Å². The molecule has 0 saturated carbocycles. The molecule has 0 bridgehead atoms. The van der Waals surface area contributed by atoms with Crippen LogP contribution < -0.4 is 5.32 Å². The Morgan fingerprint density at radius 3 is 2.83 bits per heavy atom. The standard InChI is InChI=1S/C12H14ClN3O2/c1-14-5-10(17)12(18)7-2-3-8-9(4-7)16-11(13)6-15-8/h2-4,6,10,12,14,17-18H,5H2,1H3. The minimum atomic E-state index is -0.970. The molecule has 0 aliphatic carbocycles. The van der Waals surface area contributed by atoms with E-state index in [-0.39, 0.29) is 0 Å². The van der Waals surface area contributed by atoms with E-state index in [1.54, 1.807) is 25.2 Å². The summed E-state index contributed by atoms with van der Waals surface area (Å²) in [4.78, 5) is 8.23. The van der Waals surface area contributed by atoms with Crippen LogP contribution in [0.15, 0.2) is 24.4 Å². The molecular formula is C12H14ClN3O2. The fourth-order valence-electron chi connectivity index (χ4n) is 1.73. The van der Waals surface area contributed by atoms with E-state index < -0.39 is 12.2 Å². The number of halogens is 1. The van der Waals surface area contributed by atoms with Gasteiger partial charge in [0.2, 0.25) is 0 Å². The average molecular weight is 268 g/mol. The molecule has 0 fully saturated rings. The molecule has 6 heteroatoms. The summed E-state index contributed by atoms with van der Waals surface area (Å²) in [5.41, 5.74) is 1.87. The first-order chi connectivity index (χ1) is 8.61. The highest BCUT2D eigenvalue weighted by atomic mass is 35.5. The molecule has 0 aliphatic heterocycles. The number of hydrogen-bond acceptors (Lipinski definition) is 5. The van der Waals surface area contributed by atoms with Crippen molar-refractivity contribution in [2.45, 2.75) is 12.2 Å². The first-order valence-corrected chi connectivity index (χ1v) is 5.92. The molecule has 0 saturated heterocycles. The molecule has 1 heterocycles. The monoisotopic (exact) mass is 267 g/mol. The number of aliphatic hydroxyl groups excluding tert-OH is 2. The first-order valence-electron chi connectivity index (χ1n) is 5.54. The summed E-state index contributed by atoms with van der Waals surface area (Å²) >= 11 is 5.77. The van der Waals surface area contributed by atoms with Gasteiger partial charge in [0, 0.05) is 6.54 Å². The Morgan fingerprint density at radius 2 is 2.11 bits per heavy atom. The van der Waals surface area contributed by atoms with Crippen molar-refractivity contribution in [3.05, 3.63) is 35.1 Å². The molecule has 18 heavy (non-hydrogen) atoms. The van der Waals surface area contributed by atoms with E-state index >= 15 is 0 Å². The summed E-state index contributed by atoms with van der Waals surface area (Å²) in [5.74, 6) is 0. The third-order valence-corrected chi connectivity index (χ3v) is 2.84. The van der Waals surface area contributed by atoms with Crippen molar-refractivity contribution in [1.29, 1.82) is 0 Å². The molecular weight excluding hydrogens is 254 g/mol. The lowest BCUT2D eigenvalue weighted by Gasteiger charge is -2.17. The fraction of sp³-hybridized carbons (Fsp3) is 0.333. The van der Waals surface area contributed by atoms with Gasteiger partial charge in [-0.15, -0.1) is 0 Å². The van der Waals surface area contributed by atoms with Crippen LogP contribution in [0.1, 0.15) is 11.7 Å². The highest BCUT2D eigenvalue weighted by Gasteiger charge is 2.18. The van der Waals surface area contributed by atoms with Gasteiger partial charge in [-0.05, 0) is 24.7 Å². The van der Waals surface area contributed by atoms with Gasteiger partial charge in [-0.2, -0.15) is 0 Å². The van der Waals surface area contributed by atoms with Gasteiger partial charge in [0.1, 0.15) is 11.3 Å². The van der Waals surface area contributed by atoms with E-state index in [4.69, 9.17) is 11.6 Å². The number of aromatic nitrogens is 2. The summed E-state index contributed by atoms with van der Waals surface area (Å²) in [6.45, 7) is 0.306. The van der Waals surface area contributed by atoms with Gasteiger partial charge in [0.15, 0.2) is 0 Å². The third kappa shape index (κ3) is 2.76. The molecule has 2 atom stereocenters. The Balaban J connectivity index is 2.34. The highest BCUT2D eigenvalue weighted by Crippen LogP contribution is 2.21. The molecule has 0 amide bonds. The molecule has 1 aromatic carbocycles. The largest absolute Gasteiger partial charge is 0.389 e. The minimum absolute atomic E-state index is 0.296. The van der Waals surface area contributed by atoms with Crippen LogP contribution in [0.2, 0.25) is 5.15 Å². The van der Waals surface area contributed by atoms with Gasteiger partial charge in [-0.25, -0.2) is 4.98 Å². The van der Waals surface area contributed by atoms with Gasteiger partial charge in [0.05, 0.1) is 23.3 Å². The van der Waals surface area contributed by atoms with E-state index in [0.717, 1.165) is 0 Å². The number of likely N-dealkylation sites (N-methyl/N-ethyl adjacent to an activating group) is 1. The van der Waals surface area contributed by atoms with E-state index in [1.165, 1.54) is 6.20 Å². The maximum atomic E-state index is 9.98. The Labute approximate surface area is 109 Å². The summed E-state index contributed by atoms with van der Waals surface area (Å²) in [7, 11) is 1.71. The lowest BCUT2D eigenvalue weighted by Crippen LogP contribution is -2.29. The lowest BCUT2D eigenvalue weighted by molar-refractivity contribution is 0.0203. The zero-order valence-corrected chi connectivity index (χ0v) is 10.6. The molecule has 2 rings (SSSR count). The predicted molar refractivity (Wildman–Crippen MR) is 69.4 cm³/mol. The van der Waals surface area contributed by atoms with Gasteiger partial charge in [0.25, 0.3) is 0 Å². The number of nitrogens with zero attached hydrogens (tertiary/aromatic N) is 2. The molecule has 1 aromatic heterocycles. The molecule has 0 aliphatic rings. The van der Waals surface area contributed by atoms with E-state index in [0.29, 0.717) is 28.3 Å². The van der Waals surface area contributed by atoms with Crippen molar-refractivity contribution < 1.29 is 10.2 Å². The van der Waals surface area contributed by atoms with Crippen LogP contribution in [0.5, 0.6) is 0 Å². The molecule has 96 valence electrons. The molecule has 2 unspecified atom stereocenters. The highest BCUT2D eigenvalue weighted by molar-refractivity contribution is 6.29. The zero-order chi connectivity index (χ0) is 13.1. The number of rotatable bonds is 4. The molecule has 2 aromatic rings. The van der Waals surface area contributed by atoms with E-state index in [9.17, 15) is 10.2 Å². The van der Waals surface area contributed by atoms with E-state index in [1.807, 2.05) is 0 Å². The maximum Gasteiger partial charge on any atom is 0.148 e. The predicted octanol–water partition coefficient (Wildman–Crippen LogP) is 0.897. The minimum Gasteiger partial charge on any atom is -0.389 e. The Hall–Kier alpha value is -1.27. The number of fused-ring (bicyclic) bond motifs is 1. The van der Waals surface area contributed by atoms with Gasteiger partial charge < -0.3 is 15.5 Å². The van der Waals surface area contributed by atoms with Crippen LogP contribution >= 0.6 is 11.6 Å². The molecule has 5 nitrogen and oxygen atoms in total. The van der Waals surface area contributed by atoms with Crippen LogP contribution in [-0.2, 0) is 0 Å². The third-order valence-electron chi connectivity index (χ3n) is 2.66. The second kappa shape index (κ2) is 5.58. The lowest BCUT2D eigenvalue weighted by atomic mass is 10.0. The quantitative estimate of drug-likeness (QED) is 0.767. The number of nitrogens with one attached hydrogen (secondary N) is 1. The summed E-state index contributed by atoms with van der Waals surface area (Å²) in [5, 5.41) is 22.8. The topological polar surface area (TPSA) is 78.3 Å². The maximum absolute atomic E-state index is 9.98. The van der Waals surface area contributed by atoms with Crippen molar-refractivity contribution in [2.24, 2.45) is 0 Å². The number of hydrogen-bond donors (Lipinski definition) is 3. The Kier molecular flexibility index (Phi) is 4.08. The van der Waals surface area contributed by atoms with E-state index in [2.05, 4.69) is 15.3 Å². The molecule has 0 spiro atoms. The second-order valence-electron chi connectivity index (χ2n) is 4.01. The number of benzene rings is 1. The van der Waals surface area contributed by atoms with Gasteiger partial charge >= 0.3 is 0 Å². The molecule has 3 N–H and O–H groups in total. The van der Waals surface area contributed by atoms with Crippen molar-refractivity contribution in [2.75, 3.05) is 13.6 Å². The van der Waals surface area contributed by atoms with Crippen LogP contribution in [0.4, 0.5) is 0 Å². The fourth-order valence-corrected chi connectivity index (χ4v) is 1.87. The summed E-state index contributed by atoms with van der Waals surface area (Å²) in [6, 6.07) is 5.13. The number of aliphatic hydroxyl groups is 2. The average Bonchev–Trinajstić information content (AvgIpc) is 2.37. The summed E-state index contributed by atoms with van der Waals surface area (Å²) < 4.78 is 0. The Bertz CT molecular complexity index is 550. The van der Waals surface area contributed by atoms with Crippen LogP contribution in [0.3, 0.4) is 0 Å². The molecule has 0 radical (unpaired) electrons. The van der Waals surface area contributed by atoms with Crippen molar-refractivity contribution in [3.63, 3.8) is 0 Å². The van der Waals surface area contributed by atoms with Gasteiger partial charge in [-0.3, -0.25) is 4.98 Å². The zero-order valence-electron chi connectivity index (χ0n) is 9.84. The van der Waals surface area contributed by atoms with Crippen molar-refractivity contribution in [1.82, 2.24) is 15.3 Å². The van der Waals surface area contributed by atoms with Crippen LogP contribution in [0, 0.1) is 0 Å². The Morgan fingerprint density at radius 1 is 1.33 bits per heavy atom.